The molecule has 3 N–H and O–H groups in total. The van der Waals surface area contributed by atoms with Gasteiger partial charge in [-0.15, -0.1) is 0 Å². The van der Waals surface area contributed by atoms with E-state index in [2.05, 4.69) is 27.4 Å². The molecule has 0 aliphatic carbocycles. The lowest BCUT2D eigenvalue weighted by Crippen LogP contribution is -2.23. The number of hydrogen-bond acceptors (Lipinski definition) is 4. The third-order valence-electron chi connectivity index (χ3n) is 0.854. The van der Waals surface area contributed by atoms with Crippen molar-refractivity contribution in [3.63, 3.8) is 0 Å². The molecule has 0 atom stereocenters. The van der Waals surface area contributed by atoms with Gasteiger partial charge in [0.05, 0.1) is 0 Å². The van der Waals surface area contributed by atoms with Gasteiger partial charge in [0.15, 0.2) is 5.82 Å². The van der Waals surface area contributed by atoms with Crippen molar-refractivity contribution >= 4 is 23.0 Å². The number of aromatic nitrogens is 3. The van der Waals surface area contributed by atoms with Crippen molar-refractivity contribution in [2.45, 2.75) is 0 Å². The fourth-order valence-electron chi connectivity index (χ4n) is 0.432. The van der Waals surface area contributed by atoms with E-state index in [1.165, 1.54) is 6.33 Å². The van der Waals surface area contributed by atoms with Gasteiger partial charge in [-0.1, -0.05) is 12.2 Å². The molecule has 10 heavy (non-hydrogen) atoms. The first kappa shape index (κ1) is 6.81. The average Bonchev–Trinajstić information content (AvgIpc) is 2.36. The topological polar surface area (TPSA) is 84.7 Å². The van der Waals surface area contributed by atoms with Crippen LogP contribution in [0, 0.1) is 0 Å². The molecule has 0 aliphatic heterocycles. The summed E-state index contributed by atoms with van der Waals surface area (Å²) in [7, 11) is 0. The molecule has 0 bridgehead atoms. The van der Waals surface area contributed by atoms with Crippen LogP contribution in [0.5, 0.6) is 0 Å². The Morgan fingerprint density at radius 3 is 2.90 bits per heavy atom. The van der Waals surface area contributed by atoms with Crippen molar-refractivity contribution in [3.05, 3.63) is 12.2 Å². The predicted octanol–water partition coefficient (Wildman–Crippen LogP) is -0.992. The van der Waals surface area contributed by atoms with E-state index in [4.69, 9.17) is 5.73 Å². The minimum Gasteiger partial charge on any atom is -0.365 e. The van der Waals surface area contributed by atoms with Crippen molar-refractivity contribution in [3.8, 4) is 0 Å². The highest BCUT2D eigenvalue weighted by molar-refractivity contribution is 7.82. The summed E-state index contributed by atoms with van der Waals surface area (Å²) >= 11 is 4.59. The maximum Gasteiger partial charge on any atom is 0.263 e. The molecule has 0 saturated carbocycles. The molecule has 52 valence electrons. The standard InChI is InChI=1S/C4H4N4OS/c5-3(9)2(10)4-6-1-7-8-4/h1H,(H2,5,9)(H,6,7,8). The molecule has 5 nitrogen and oxygen atoms in total. The van der Waals surface area contributed by atoms with Crippen molar-refractivity contribution in [1.82, 2.24) is 15.2 Å². The number of aromatic amines is 1. The Bertz CT molecular complexity index is 254. The Kier molecular flexibility index (Phi) is 1.72. The Labute approximate surface area is 61.6 Å². The summed E-state index contributed by atoms with van der Waals surface area (Å²) in [4.78, 5) is 14.0. The molecule has 1 amide bonds. The third kappa shape index (κ3) is 1.16. The number of nitrogens with one attached hydrogen (secondary N) is 1. The second-order valence-corrected chi connectivity index (χ2v) is 1.94. The largest absolute Gasteiger partial charge is 0.365 e. The summed E-state index contributed by atoms with van der Waals surface area (Å²) in [6.07, 6.45) is 1.25. The van der Waals surface area contributed by atoms with Crippen LogP contribution in [0.2, 0.25) is 0 Å². The Morgan fingerprint density at radius 2 is 2.50 bits per heavy atom. The molecule has 0 spiro atoms. The van der Waals surface area contributed by atoms with Crippen molar-refractivity contribution in [1.29, 1.82) is 0 Å². The molecule has 1 rings (SSSR count). The van der Waals surface area contributed by atoms with Crippen molar-refractivity contribution < 1.29 is 4.79 Å². The number of carbonyl (C=O) groups is 1. The number of hydrogen-bond donors (Lipinski definition) is 2. The molecular formula is C4H4N4OS. The minimum absolute atomic E-state index is 0.0301. The van der Waals surface area contributed by atoms with Gasteiger partial charge in [0.1, 0.15) is 11.2 Å². The van der Waals surface area contributed by atoms with Crippen LogP contribution in [0.1, 0.15) is 5.82 Å². The predicted molar refractivity (Wildman–Crippen MR) is 37.3 cm³/mol. The van der Waals surface area contributed by atoms with E-state index in [1.54, 1.807) is 0 Å². The number of rotatable bonds is 2. The van der Waals surface area contributed by atoms with Gasteiger partial charge in [0.2, 0.25) is 0 Å². The molecule has 0 aromatic carbocycles. The first-order valence-electron chi connectivity index (χ1n) is 2.41. The van der Waals surface area contributed by atoms with E-state index >= 15 is 0 Å². The maximum absolute atomic E-state index is 10.4. The Morgan fingerprint density at radius 1 is 1.80 bits per heavy atom. The number of amides is 1. The van der Waals surface area contributed by atoms with Crippen molar-refractivity contribution in [2.75, 3.05) is 0 Å². The number of carbonyl (C=O) groups excluding carboxylic acids is 1. The second kappa shape index (κ2) is 2.53. The van der Waals surface area contributed by atoms with E-state index in [0.29, 0.717) is 0 Å². The zero-order chi connectivity index (χ0) is 7.56. The van der Waals surface area contributed by atoms with E-state index in [1.807, 2.05) is 0 Å². The number of H-pyrrole nitrogens is 1. The summed E-state index contributed by atoms with van der Waals surface area (Å²) in [5.74, 6) is -0.436. The van der Waals surface area contributed by atoms with Gasteiger partial charge in [-0.2, -0.15) is 5.10 Å². The van der Waals surface area contributed by atoms with E-state index in [0.717, 1.165) is 0 Å². The second-order valence-electron chi connectivity index (χ2n) is 1.53. The third-order valence-corrected chi connectivity index (χ3v) is 1.25. The minimum atomic E-state index is -0.674. The van der Waals surface area contributed by atoms with Crippen LogP contribution in [-0.2, 0) is 4.79 Å². The fraction of sp³-hybridized carbons (Fsp3) is 0. The lowest BCUT2D eigenvalue weighted by atomic mass is 10.4. The first-order valence-corrected chi connectivity index (χ1v) is 2.82. The van der Waals surface area contributed by atoms with Gasteiger partial charge < -0.3 is 5.73 Å². The highest BCUT2D eigenvalue weighted by Crippen LogP contribution is 1.88. The monoisotopic (exact) mass is 156 g/mol. The summed E-state index contributed by atoms with van der Waals surface area (Å²) in [6, 6.07) is 0. The molecule has 1 aromatic heterocycles. The smallest absolute Gasteiger partial charge is 0.263 e. The normalized spacial score (nSPS) is 9.20. The molecule has 0 radical (unpaired) electrons. The Balaban J connectivity index is 2.88. The number of nitrogens with two attached hydrogens (primary N) is 1. The SMILES string of the molecule is NC(=O)C(=S)c1ncn[nH]1. The first-order chi connectivity index (χ1) is 4.72. The van der Waals surface area contributed by atoms with Gasteiger partial charge >= 0.3 is 0 Å². The van der Waals surface area contributed by atoms with Crippen LogP contribution >= 0.6 is 12.2 Å². The average molecular weight is 156 g/mol. The quantitative estimate of drug-likeness (QED) is 0.425. The van der Waals surface area contributed by atoms with Crippen LogP contribution in [-0.4, -0.2) is 26.0 Å². The van der Waals surface area contributed by atoms with E-state index in [9.17, 15) is 4.79 Å². The van der Waals surface area contributed by atoms with Crippen LogP contribution < -0.4 is 5.73 Å². The molecule has 6 heteroatoms. The molecule has 0 saturated heterocycles. The highest BCUT2D eigenvalue weighted by atomic mass is 32.1. The van der Waals surface area contributed by atoms with Gasteiger partial charge in [-0.3, -0.25) is 9.89 Å². The highest BCUT2D eigenvalue weighted by Gasteiger charge is 2.08. The van der Waals surface area contributed by atoms with Gasteiger partial charge in [0, 0.05) is 0 Å². The fourth-order valence-corrected chi connectivity index (χ4v) is 0.530. The summed E-state index contributed by atoms with van der Waals surface area (Å²) in [5.41, 5.74) is 4.86. The summed E-state index contributed by atoms with van der Waals surface area (Å²) in [5, 5.41) is 5.91. The lowest BCUT2D eigenvalue weighted by Gasteiger charge is -1.88. The molecular weight excluding hydrogens is 152 g/mol. The van der Waals surface area contributed by atoms with Crippen LogP contribution in [0.15, 0.2) is 6.33 Å². The van der Waals surface area contributed by atoms with E-state index in [-0.39, 0.29) is 10.7 Å². The zero-order valence-electron chi connectivity index (χ0n) is 4.87. The van der Waals surface area contributed by atoms with Crippen LogP contribution in [0.4, 0.5) is 0 Å². The lowest BCUT2D eigenvalue weighted by molar-refractivity contribution is -0.111. The molecule has 1 heterocycles. The summed E-state index contributed by atoms with van der Waals surface area (Å²) in [6.45, 7) is 0. The van der Waals surface area contributed by atoms with Crippen LogP contribution in [0.3, 0.4) is 0 Å². The van der Waals surface area contributed by atoms with Crippen LogP contribution in [0.25, 0.3) is 0 Å². The number of nitrogens with zero attached hydrogens (tertiary/aromatic N) is 2. The van der Waals surface area contributed by atoms with Gasteiger partial charge in [-0.25, -0.2) is 4.98 Å². The van der Waals surface area contributed by atoms with Gasteiger partial charge in [-0.05, 0) is 0 Å². The van der Waals surface area contributed by atoms with E-state index < -0.39 is 5.91 Å². The Hall–Kier alpha value is -1.30. The molecule has 0 aliphatic rings. The zero-order valence-corrected chi connectivity index (χ0v) is 5.68. The van der Waals surface area contributed by atoms with Crippen molar-refractivity contribution in [2.24, 2.45) is 5.73 Å². The molecule has 0 unspecified atom stereocenters. The number of primary amides is 1. The molecule has 0 fully saturated rings. The number of thiocarbonyl (C=S) groups is 1. The maximum atomic E-state index is 10.4. The molecule has 1 aromatic rings. The van der Waals surface area contributed by atoms with Gasteiger partial charge in [0.25, 0.3) is 5.91 Å². The summed E-state index contributed by atoms with van der Waals surface area (Å²) < 4.78 is 0.